The Kier molecular flexibility index (Phi) is 2.88. The molecule has 2 aliphatic rings. The highest BCUT2D eigenvalue weighted by Gasteiger charge is 2.51. The molecule has 2 aliphatic carbocycles. The second-order valence-electron chi connectivity index (χ2n) is 4.63. The quantitative estimate of drug-likeness (QED) is 0.671. The number of carbonyl (C=O) groups is 2. The van der Waals surface area contributed by atoms with E-state index in [-0.39, 0.29) is 24.5 Å². The highest BCUT2D eigenvalue weighted by atomic mass is 16.5. The van der Waals surface area contributed by atoms with E-state index >= 15 is 0 Å². The van der Waals surface area contributed by atoms with E-state index in [0.29, 0.717) is 6.61 Å². The van der Waals surface area contributed by atoms with E-state index in [1.807, 2.05) is 0 Å². The van der Waals surface area contributed by atoms with Crippen molar-refractivity contribution in [1.29, 1.82) is 0 Å². The third kappa shape index (κ3) is 2.35. The molecule has 1 amide bonds. The predicted octanol–water partition coefficient (Wildman–Crippen LogP) is 0.0318. The van der Waals surface area contributed by atoms with Crippen LogP contribution in [0.5, 0.6) is 0 Å². The van der Waals surface area contributed by atoms with Crippen molar-refractivity contribution in [2.45, 2.75) is 44.2 Å². The molecule has 2 saturated carbocycles. The Morgan fingerprint density at radius 2 is 2.06 bits per heavy atom. The van der Waals surface area contributed by atoms with E-state index in [1.165, 1.54) is 0 Å². The van der Waals surface area contributed by atoms with Crippen molar-refractivity contribution in [2.75, 3.05) is 13.2 Å². The van der Waals surface area contributed by atoms with Gasteiger partial charge in [-0.15, -0.1) is 0 Å². The number of amides is 1. The fourth-order valence-corrected chi connectivity index (χ4v) is 1.73. The van der Waals surface area contributed by atoms with E-state index in [0.717, 1.165) is 25.7 Å². The largest absolute Gasteiger partial charge is 0.465 e. The van der Waals surface area contributed by atoms with Crippen LogP contribution in [0.1, 0.15) is 32.6 Å². The summed E-state index contributed by atoms with van der Waals surface area (Å²) in [6, 6.07) is 0.206. The number of rotatable bonds is 5. The minimum Gasteiger partial charge on any atom is -0.465 e. The van der Waals surface area contributed by atoms with Gasteiger partial charge in [-0.3, -0.25) is 9.59 Å². The second kappa shape index (κ2) is 4.05. The molecule has 0 aromatic carbocycles. The lowest BCUT2D eigenvalue weighted by molar-refractivity contribution is -0.150. The molecule has 0 atom stereocenters. The van der Waals surface area contributed by atoms with Gasteiger partial charge in [0.15, 0.2) is 0 Å². The maximum atomic E-state index is 12.0. The summed E-state index contributed by atoms with van der Waals surface area (Å²) in [7, 11) is 0. The lowest BCUT2D eigenvalue weighted by Gasteiger charge is -2.24. The molecule has 0 unspecified atom stereocenters. The Morgan fingerprint density at radius 1 is 1.44 bits per heavy atom. The smallest absolute Gasteiger partial charge is 0.325 e. The summed E-state index contributed by atoms with van der Waals surface area (Å²) in [5, 5.41) is 0. The maximum Gasteiger partial charge on any atom is 0.325 e. The molecule has 0 radical (unpaired) electrons. The molecule has 5 heteroatoms. The Balaban J connectivity index is 1.94. The summed E-state index contributed by atoms with van der Waals surface area (Å²) in [6.07, 6.45) is 3.41. The monoisotopic (exact) mass is 226 g/mol. The Hall–Kier alpha value is -1.10. The topological polar surface area (TPSA) is 72.6 Å². The minimum atomic E-state index is -0.685. The van der Waals surface area contributed by atoms with Gasteiger partial charge in [0.05, 0.1) is 12.1 Å². The average molecular weight is 226 g/mol. The van der Waals surface area contributed by atoms with Crippen LogP contribution in [0.3, 0.4) is 0 Å². The lowest BCUT2D eigenvalue weighted by Crippen LogP contribution is -2.48. The highest BCUT2D eigenvalue weighted by Crippen LogP contribution is 2.37. The van der Waals surface area contributed by atoms with Gasteiger partial charge in [0.25, 0.3) is 0 Å². The molecule has 0 saturated heterocycles. The highest BCUT2D eigenvalue weighted by molar-refractivity contribution is 5.91. The number of hydrogen-bond donors (Lipinski definition) is 1. The first kappa shape index (κ1) is 11.4. The summed E-state index contributed by atoms with van der Waals surface area (Å²) in [5.41, 5.74) is 5.18. The maximum absolute atomic E-state index is 12.0. The average Bonchev–Trinajstić information content (AvgIpc) is 3.09. The van der Waals surface area contributed by atoms with Crippen LogP contribution < -0.4 is 5.73 Å². The van der Waals surface area contributed by atoms with Gasteiger partial charge in [0.2, 0.25) is 5.91 Å². The minimum absolute atomic E-state index is 0.0519. The third-order valence-electron chi connectivity index (χ3n) is 3.07. The predicted molar refractivity (Wildman–Crippen MR) is 57.5 cm³/mol. The summed E-state index contributed by atoms with van der Waals surface area (Å²) in [5.74, 6) is -0.421. The molecule has 0 aromatic heterocycles. The van der Waals surface area contributed by atoms with Gasteiger partial charge in [-0.05, 0) is 32.6 Å². The zero-order chi connectivity index (χ0) is 11.8. The van der Waals surface area contributed by atoms with Crippen LogP contribution in [-0.2, 0) is 14.3 Å². The van der Waals surface area contributed by atoms with Crippen LogP contribution in [0.25, 0.3) is 0 Å². The van der Waals surface area contributed by atoms with Gasteiger partial charge < -0.3 is 15.4 Å². The van der Waals surface area contributed by atoms with Gasteiger partial charge in [-0.25, -0.2) is 0 Å². The fraction of sp³-hybridized carbons (Fsp3) is 0.818. The van der Waals surface area contributed by atoms with Crippen LogP contribution in [0.2, 0.25) is 0 Å². The summed E-state index contributed by atoms with van der Waals surface area (Å²) < 4.78 is 4.86. The van der Waals surface area contributed by atoms with Crippen molar-refractivity contribution in [3.05, 3.63) is 0 Å². The molecule has 0 bridgehead atoms. The number of ether oxygens (including phenoxy) is 1. The standard InChI is InChI=1S/C11H18N2O3/c1-2-16-9(14)7-13(8-3-4-8)10(15)11(12)5-6-11/h8H,2-7,12H2,1H3. The van der Waals surface area contributed by atoms with Crippen LogP contribution >= 0.6 is 0 Å². The molecule has 0 aromatic rings. The Morgan fingerprint density at radius 3 is 2.50 bits per heavy atom. The Labute approximate surface area is 94.9 Å². The Bertz CT molecular complexity index is 308. The number of nitrogens with two attached hydrogens (primary N) is 1. The van der Waals surface area contributed by atoms with Crippen molar-refractivity contribution in [2.24, 2.45) is 5.73 Å². The summed E-state index contributed by atoms with van der Waals surface area (Å²) in [4.78, 5) is 25.0. The first-order valence-electron chi connectivity index (χ1n) is 5.82. The zero-order valence-electron chi connectivity index (χ0n) is 9.57. The van der Waals surface area contributed by atoms with Crippen molar-refractivity contribution in [3.63, 3.8) is 0 Å². The van der Waals surface area contributed by atoms with E-state index in [4.69, 9.17) is 10.5 Å². The van der Waals surface area contributed by atoms with Crippen LogP contribution in [0.4, 0.5) is 0 Å². The normalized spacial score (nSPS) is 21.4. The van der Waals surface area contributed by atoms with Gasteiger partial charge in [-0.2, -0.15) is 0 Å². The van der Waals surface area contributed by atoms with Crippen molar-refractivity contribution >= 4 is 11.9 Å². The fourth-order valence-electron chi connectivity index (χ4n) is 1.73. The zero-order valence-corrected chi connectivity index (χ0v) is 9.57. The molecule has 0 aliphatic heterocycles. The van der Waals surface area contributed by atoms with Crippen LogP contribution in [0.15, 0.2) is 0 Å². The first-order valence-corrected chi connectivity index (χ1v) is 5.82. The molecule has 2 rings (SSSR count). The van der Waals surface area contributed by atoms with Gasteiger partial charge in [-0.1, -0.05) is 0 Å². The summed E-state index contributed by atoms with van der Waals surface area (Å²) in [6.45, 7) is 2.15. The third-order valence-corrected chi connectivity index (χ3v) is 3.07. The first-order chi connectivity index (χ1) is 7.57. The molecule has 5 nitrogen and oxygen atoms in total. The van der Waals surface area contributed by atoms with E-state index < -0.39 is 5.54 Å². The van der Waals surface area contributed by atoms with Gasteiger partial charge in [0.1, 0.15) is 6.54 Å². The molecular formula is C11H18N2O3. The molecule has 0 heterocycles. The van der Waals surface area contributed by atoms with Crippen LogP contribution in [-0.4, -0.2) is 41.5 Å². The molecular weight excluding hydrogens is 208 g/mol. The molecule has 0 spiro atoms. The molecule has 2 N–H and O–H groups in total. The summed E-state index contributed by atoms with van der Waals surface area (Å²) >= 11 is 0. The van der Waals surface area contributed by atoms with Crippen LogP contribution in [0, 0.1) is 0 Å². The van der Waals surface area contributed by atoms with Gasteiger partial charge in [0, 0.05) is 6.04 Å². The molecule has 16 heavy (non-hydrogen) atoms. The van der Waals surface area contributed by atoms with Crippen molar-refractivity contribution in [3.8, 4) is 0 Å². The molecule has 90 valence electrons. The number of nitrogens with zero attached hydrogens (tertiary/aromatic N) is 1. The lowest BCUT2D eigenvalue weighted by atomic mass is 10.2. The van der Waals surface area contributed by atoms with Gasteiger partial charge >= 0.3 is 5.97 Å². The SMILES string of the molecule is CCOC(=O)CN(C(=O)C1(N)CC1)C1CC1. The van der Waals surface area contributed by atoms with E-state index in [2.05, 4.69) is 0 Å². The number of carbonyl (C=O) groups excluding carboxylic acids is 2. The van der Waals surface area contributed by atoms with Crippen molar-refractivity contribution < 1.29 is 14.3 Å². The van der Waals surface area contributed by atoms with Crippen molar-refractivity contribution in [1.82, 2.24) is 4.90 Å². The number of esters is 1. The second-order valence-corrected chi connectivity index (χ2v) is 4.63. The molecule has 2 fully saturated rings. The number of hydrogen-bond acceptors (Lipinski definition) is 4. The van der Waals surface area contributed by atoms with E-state index in [1.54, 1.807) is 11.8 Å². The van der Waals surface area contributed by atoms with E-state index in [9.17, 15) is 9.59 Å².